The summed E-state index contributed by atoms with van der Waals surface area (Å²) in [5.74, 6) is 0.0555. The molecular formula is C12H18N4OS. The number of nitrogen functional groups attached to an aromatic ring is 1. The number of thiazole rings is 1. The van der Waals surface area contributed by atoms with Gasteiger partial charge in [0.15, 0.2) is 5.13 Å². The molecule has 0 aromatic carbocycles. The highest BCUT2D eigenvalue weighted by molar-refractivity contribution is 7.17. The average Bonchev–Trinajstić information content (AvgIpc) is 2.69. The normalized spacial score (nSPS) is 16.8. The number of aryl methyl sites for hydroxylation is 1. The van der Waals surface area contributed by atoms with Gasteiger partial charge >= 0.3 is 0 Å². The van der Waals surface area contributed by atoms with Crippen LogP contribution in [0.5, 0.6) is 0 Å². The summed E-state index contributed by atoms with van der Waals surface area (Å²) < 4.78 is 0. The second kappa shape index (κ2) is 5.49. The fourth-order valence-corrected chi connectivity index (χ4v) is 2.88. The first-order chi connectivity index (χ1) is 8.61. The smallest absolute Gasteiger partial charge is 0.266 e. The first kappa shape index (κ1) is 13.0. The summed E-state index contributed by atoms with van der Waals surface area (Å²) in [6.07, 6.45) is 1.89. The Kier molecular flexibility index (Phi) is 3.98. The summed E-state index contributed by atoms with van der Waals surface area (Å²) in [5, 5.41) is 0.459. The van der Waals surface area contributed by atoms with Crippen molar-refractivity contribution in [2.75, 3.05) is 38.5 Å². The quantitative estimate of drug-likeness (QED) is 0.828. The molecule has 0 unspecified atom stereocenters. The van der Waals surface area contributed by atoms with E-state index in [2.05, 4.69) is 16.5 Å². The van der Waals surface area contributed by atoms with Gasteiger partial charge in [-0.05, 0) is 6.92 Å². The topological polar surface area (TPSA) is 62.5 Å². The van der Waals surface area contributed by atoms with Crippen LogP contribution in [0.15, 0.2) is 12.7 Å². The summed E-state index contributed by atoms with van der Waals surface area (Å²) in [6.45, 7) is 9.73. The van der Waals surface area contributed by atoms with Crippen LogP contribution in [0.2, 0.25) is 0 Å². The molecule has 5 nitrogen and oxygen atoms in total. The van der Waals surface area contributed by atoms with E-state index in [1.165, 1.54) is 11.3 Å². The van der Waals surface area contributed by atoms with E-state index in [0.29, 0.717) is 10.0 Å². The Morgan fingerprint density at radius 2 is 2.17 bits per heavy atom. The van der Waals surface area contributed by atoms with Gasteiger partial charge in [0, 0.05) is 32.7 Å². The summed E-state index contributed by atoms with van der Waals surface area (Å²) in [6, 6.07) is 0. The molecule has 0 saturated carbocycles. The SMILES string of the molecule is C=CCN1CCN(C(=O)c2sc(N)nc2C)CC1. The van der Waals surface area contributed by atoms with Crippen LogP contribution in [-0.2, 0) is 0 Å². The maximum Gasteiger partial charge on any atom is 0.266 e. The molecule has 6 heteroatoms. The van der Waals surface area contributed by atoms with Crippen LogP contribution in [0.1, 0.15) is 15.4 Å². The van der Waals surface area contributed by atoms with Crippen LogP contribution >= 0.6 is 11.3 Å². The Morgan fingerprint density at radius 3 is 2.67 bits per heavy atom. The van der Waals surface area contributed by atoms with E-state index in [4.69, 9.17) is 5.73 Å². The Morgan fingerprint density at radius 1 is 1.50 bits per heavy atom. The number of anilines is 1. The summed E-state index contributed by atoms with van der Waals surface area (Å²) in [7, 11) is 0. The number of piperazine rings is 1. The van der Waals surface area contributed by atoms with Crippen LogP contribution in [0.4, 0.5) is 5.13 Å². The van der Waals surface area contributed by atoms with Crippen molar-refractivity contribution in [3.8, 4) is 0 Å². The highest BCUT2D eigenvalue weighted by Gasteiger charge is 2.24. The molecule has 1 saturated heterocycles. The van der Waals surface area contributed by atoms with Gasteiger partial charge in [-0.3, -0.25) is 9.69 Å². The average molecular weight is 266 g/mol. The first-order valence-corrected chi connectivity index (χ1v) is 6.79. The van der Waals surface area contributed by atoms with Gasteiger partial charge in [-0.15, -0.1) is 6.58 Å². The molecule has 0 spiro atoms. The Hall–Kier alpha value is -1.40. The second-order valence-electron chi connectivity index (χ2n) is 4.35. The van der Waals surface area contributed by atoms with Gasteiger partial charge in [0.05, 0.1) is 5.69 Å². The van der Waals surface area contributed by atoms with Crippen molar-refractivity contribution in [3.05, 3.63) is 23.2 Å². The zero-order valence-electron chi connectivity index (χ0n) is 10.6. The maximum atomic E-state index is 12.3. The molecule has 1 amide bonds. The van der Waals surface area contributed by atoms with Crippen molar-refractivity contribution in [2.45, 2.75) is 6.92 Å². The number of hydrogen-bond acceptors (Lipinski definition) is 5. The largest absolute Gasteiger partial charge is 0.375 e. The number of carbonyl (C=O) groups is 1. The zero-order valence-corrected chi connectivity index (χ0v) is 11.4. The van der Waals surface area contributed by atoms with Gasteiger partial charge in [-0.25, -0.2) is 4.98 Å². The standard InChI is InChI=1S/C12H18N4OS/c1-3-4-15-5-7-16(8-6-15)11(17)10-9(2)14-12(13)18-10/h3H,1,4-8H2,2H3,(H2,13,14). The molecule has 1 aliphatic rings. The van der Waals surface area contributed by atoms with E-state index >= 15 is 0 Å². The summed E-state index contributed by atoms with van der Waals surface area (Å²) in [5.41, 5.74) is 6.36. The fourth-order valence-electron chi connectivity index (χ4n) is 2.08. The monoisotopic (exact) mass is 266 g/mol. The number of aromatic nitrogens is 1. The highest BCUT2D eigenvalue weighted by Crippen LogP contribution is 2.22. The Bertz CT molecular complexity index is 449. The molecular weight excluding hydrogens is 248 g/mol. The lowest BCUT2D eigenvalue weighted by molar-refractivity contribution is 0.0654. The van der Waals surface area contributed by atoms with Crippen molar-refractivity contribution < 1.29 is 4.79 Å². The molecule has 1 aliphatic heterocycles. The molecule has 0 radical (unpaired) electrons. The van der Waals surface area contributed by atoms with E-state index in [-0.39, 0.29) is 5.91 Å². The number of rotatable bonds is 3. The molecule has 0 bridgehead atoms. The van der Waals surface area contributed by atoms with Crippen molar-refractivity contribution in [2.24, 2.45) is 0 Å². The van der Waals surface area contributed by atoms with Gasteiger partial charge in [-0.1, -0.05) is 17.4 Å². The molecule has 98 valence electrons. The van der Waals surface area contributed by atoms with E-state index in [0.717, 1.165) is 38.4 Å². The van der Waals surface area contributed by atoms with Crippen molar-refractivity contribution in [1.82, 2.24) is 14.8 Å². The Balaban J connectivity index is 1.99. The van der Waals surface area contributed by atoms with Crippen LogP contribution in [-0.4, -0.2) is 53.4 Å². The number of amides is 1. The number of carbonyl (C=O) groups excluding carboxylic acids is 1. The van der Waals surface area contributed by atoms with Crippen LogP contribution in [0.25, 0.3) is 0 Å². The summed E-state index contributed by atoms with van der Waals surface area (Å²) >= 11 is 1.27. The molecule has 1 aromatic rings. The van der Waals surface area contributed by atoms with Crippen molar-refractivity contribution >= 4 is 22.4 Å². The molecule has 1 aromatic heterocycles. The lowest BCUT2D eigenvalue weighted by Gasteiger charge is -2.33. The molecule has 1 fully saturated rings. The maximum absolute atomic E-state index is 12.3. The van der Waals surface area contributed by atoms with Crippen LogP contribution in [0, 0.1) is 6.92 Å². The molecule has 0 aliphatic carbocycles. The predicted molar refractivity (Wildman–Crippen MR) is 73.8 cm³/mol. The van der Waals surface area contributed by atoms with Gasteiger partial charge in [0.25, 0.3) is 5.91 Å². The van der Waals surface area contributed by atoms with Gasteiger partial charge in [0.1, 0.15) is 4.88 Å². The molecule has 18 heavy (non-hydrogen) atoms. The van der Waals surface area contributed by atoms with Crippen LogP contribution in [0.3, 0.4) is 0 Å². The molecule has 2 N–H and O–H groups in total. The molecule has 2 heterocycles. The molecule has 2 rings (SSSR count). The number of hydrogen-bond donors (Lipinski definition) is 1. The Labute approximate surface area is 111 Å². The van der Waals surface area contributed by atoms with Crippen molar-refractivity contribution in [3.63, 3.8) is 0 Å². The van der Waals surface area contributed by atoms with Gasteiger partial charge in [-0.2, -0.15) is 0 Å². The fraction of sp³-hybridized carbons (Fsp3) is 0.500. The summed E-state index contributed by atoms with van der Waals surface area (Å²) in [4.78, 5) is 21.2. The second-order valence-corrected chi connectivity index (χ2v) is 5.38. The third-order valence-corrected chi connectivity index (χ3v) is 4.03. The van der Waals surface area contributed by atoms with Crippen molar-refractivity contribution in [1.29, 1.82) is 0 Å². The van der Waals surface area contributed by atoms with E-state index in [1.54, 1.807) is 0 Å². The van der Waals surface area contributed by atoms with E-state index in [9.17, 15) is 4.79 Å². The number of nitrogens with zero attached hydrogens (tertiary/aromatic N) is 3. The molecule has 0 atom stereocenters. The highest BCUT2D eigenvalue weighted by atomic mass is 32.1. The van der Waals surface area contributed by atoms with Gasteiger partial charge < -0.3 is 10.6 Å². The number of nitrogens with two attached hydrogens (primary N) is 1. The predicted octanol–water partition coefficient (Wildman–Crippen LogP) is 0.978. The minimum Gasteiger partial charge on any atom is -0.375 e. The van der Waals surface area contributed by atoms with E-state index < -0.39 is 0 Å². The van der Waals surface area contributed by atoms with E-state index in [1.807, 2.05) is 17.9 Å². The first-order valence-electron chi connectivity index (χ1n) is 5.97. The minimum atomic E-state index is 0.0555. The van der Waals surface area contributed by atoms with Gasteiger partial charge in [0.2, 0.25) is 0 Å². The minimum absolute atomic E-state index is 0.0555. The van der Waals surface area contributed by atoms with Crippen LogP contribution < -0.4 is 5.73 Å². The lowest BCUT2D eigenvalue weighted by atomic mass is 10.2. The third kappa shape index (κ3) is 2.70. The lowest BCUT2D eigenvalue weighted by Crippen LogP contribution is -2.48. The zero-order chi connectivity index (χ0) is 13.1. The third-order valence-electron chi connectivity index (χ3n) is 3.05.